The second kappa shape index (κ2) is 6.77. The van der Waals surface area contributed by atoms with Crippen molar-refractivity contribution < 1.29 is 0 Å². The van der Waals surface area contributed by atoms with Crippen LogP contribution in [0.2, 0.25) is 0 Å². The summed E-state index contributed by atoms with van der Waals surface area (Å²) in [6.45, 7) is 2.15. The zero-order chi connectivity index (χ0) is 7.82. The summed E-state index contributed by atoms with van der Waals surface area (Å²) in [5.74, 6) is 3.74. The summed E-state index contributed by atoms with van der Waals surface area (Å²) in [6, 6.07) is 0. The van der Waals surface area contributed by atoms with Crippen LogP contribution in [0.25, 0.3) is 0 Å². The maximum atomic E-state index is 5.10. The molecule has 0 nitrogen and oxygen atoms in total. The minimum absolute atomic E-state index is 0.867. The molecule has 0 radical (unpaired) electrons. The SMILES string of the molecule is C#CCC/C=C(\C)CSC. The van der Waals surface area contributed by atoms with Crippen molar-refractivity contribution in [2.75, 3.05) is 12.0 Å². The van der Waals surface area contributed by atoms with E-state index in [1.165, 1.54) is 5.57 Å². The van der Waals surface area contributed by atoms with Crippen LogP contribution in [0.4, 0.5) is 0 Å². The van der Waals surface area contributed by atoms with Gasteiger partial charge in [-0.25, -0.2) is 0 Å². The molecule has 0 aromatic rings. The van der Waals surface area contributed by atoms with E-state index in [2.05, 4.69) is 25.2 Å². The molecule has 0 heterocycles. The second-order valence-electron chi connectivity index (χ2n) is 2.23. The van der Waals surface area contributed by atoms with Crippen molar-refractivity contribution in [3.8, 4) is 12.3 Å². The fourth-order valence-corrected chi connectivity index (χ4v) is 1.26. The van der Waals surface area contributed by atoms with E-state index in [-0.39, 0.29) is 0 Å². The molecule has 0 saturated carbocycles. The summed E-state index contributed by atoms with van der Waals surface area (Å²) < 4.78 is 0. The number of hydrogen-bond acceptors (Lipinski definition) is 1. The van der Waals surface area contributed by atoms with Gasteiger partial charge in [0.05, 0.1) is 0 Å². The molecule has 0 fully saturated rings. The van der Waals surface area contributed by atoms with Gasteiger partial charge < -0.3 is 0 Å². The van der Waals surface area contributed by atoms with E-state index in [4.69, 9.17) is 6.42 Å². The number of unbranched alkanes of at least 4 members (excludes halogenated alkanes) is 1. The summed E-state index contributed by atoms with van der Waals surface area (Å²) in [4.78, 5) is 0. The van der Waals surface area contributed by atoms with Crippen molar-refractivity contribution in [3.05, 3.63) is 11.6 Å². The molecule has 0 bridgehead atoms. The van der Waals surface area contributed by atoms with Gasteiger partial charge in [-0.3, -0.25) is 0 Å². The first-order chi connectivity index (χ1) is 4.81. The topological polar surface area (TPSA) is 0 Å². The van der Waals surface area contributed by atoms with Crippen molar-refractivity contribution in [1.29, 1.82) is 0 Å². The highest BCUT2D eigenvalue weighted by atomic mass is 32.2. The predicted molar refractivity (Wildman–Crippen MR) is 50.2 cm³/mol. The molecule has 0 rings (SSSR count). The predicted octanol–water partition coefficient (Wildman–Crippen LogP) is 2.71. The van der Waals surface area contributed by atoms with E-state index in [1.54, 1.807) is 0 Å². The Morgan fingerprint density at radius 3 is 2.90 bits per heavy atom. The lowest BCUT2D eigenvalue weighted by Gasteiger charge is -1.94. The molecule has 56 valence electrons. The summed E-state index contributed by atoms with van der Waals surface area (Å²) in [6.07, 6.45) is 11.3. The number of hydrogen-bond donors (Lipinski definition) is 0. The summed E-state index contributed by atoms with van der Waals surface area (Å²) in [5, 5.41) is 0. The molecule has 0 saturated heterocycles. The van der Waals surface area contributed by atoms with Gasteiger partial charge in [-0.15, -0.1) is 12.3 Å². The Morgan fingerprint density at radius 1 is 1.70 bits per heavy atom. The Kier molecular flexibility index (Phi) is 6.53. The molecule has 0 atom stereocenters. The molecular weight excluding hydrogens is 140 g/mol. The number of terminal acetylenes is 1. The van der Waals surface area contributed by atoms with Gasteiger partial charge in [0, 0.05) is 12.2 Å². The van der Waals surface area contributed by atoms with Gasteiger partial charge >= 0.3 is 0 Å². The van der Waals surface area contributed by atoms with Crippen LogP contribution < -0.4 is 0 Å². The summed E-state index contributed by atoms with van der Waals surface area (Å²) in [5.41, 5.74) is 1.43. The van der Waals surface area contributed by atoms with E-state index in [0.717, 1.165) is 18.6 Å². The Balaban J connectivity index is 3.39. The van der Waals surface area contributed by atoms with E-state index in [1.807, 2.05) is 11.8 Å². The smallest absolute Gasteiger partial charge is 0.0137 e. The molecule has 0 amide bonds. The summed E-state index contributed by atoms with van der Waals surface area (Å²) >= 11 is 1.85. The quantitative estimate of drug-likeness (QED) is 0.341. The Morgan fingerprint density at radius 2 is 2.40 bits per heavy atom. The van der Waals surface area contributed by atoms with Gasteiger partial charge in [-0.1, -0.05) is 11.6 Å². The minimum Gasteiger partial charge on any atom is -0.161 e. The molecule has 10 heavy (non-hydrogen) atoms. The summed E-state index contributed by atoms with van der Waals surface area (Å²) in [7, 11) is 0. The maximum Gasteiger partial charge on any atom is 0.0137 e. The highest BCUT2D eigenvalue weighted by molar-refractivity contribution is 7.98. The van der Waals surface area contributed by atoms with Crippen molar-refractivity contribution in [1.82, 2.24) is 0 Å². The van der Waals surface area contributed by atoms with Gasteiger partial charge in [0.15, 0.2) is 0 Å². The van der Waals surface area contributed by atoms with Crippen molar-refractivity contribution in [2.24, 2.45) is 0 Å². The number of allylic oxidation sites excluding steroid dienone is 1. The lowest BCUT2D eigenvalue weighted by molar-refractivity contribution is 1.07. The molecule has 1 heteroatoms. The normalized spacial score (nSPS) is 11.1. The number of thioether (sulfide) groups is 1. The van der Waals surface area contributed by atoms with Crippen molar-refractivity contribution in [2.45, 2.75) is 19.8 Å². The lowest BCUT2D eigenvalue weighted by atomic mass is 10.2. The molecule has 0 unspecified atom stereocenters. The van der Waals surface area contributed by atoms with Gasteiger partial charge in [0.2, 0.25) is 0 Å². The minimum atomic E-state index is 0.867. The van der Waals surface area contributed by atoms with Crippen LogP contribution in [0.3, 0.4) is 0 Å². The first kappa shape index (κ1) is 9.65. The fraction of sp³-hybridized carbons (Fsp3) is 0.556. The first-order valence-corrected chi connectivity index (χ1v) is 4.78. The third-order valence-electron chi connectivity index (χ3n) is 1.15. The van der Waals surface area contributed by atoms with Crippen LogP contribution >= 0.6 is 11.8 Å². The monoisotopic (exact) mass is 154 g/mol. The van der Waals surface area contributed by atoms with Crippen LogP contribution in [-0.2, 0) is 0 Å². The largest absolute Gasteiger partial charge is 0.161 e. The zero-order valence-electron chi connectivity index (χ0n) is 6.68. The van der Waals surface area contributed by atoms with E-state index in [0.29, 0.717) is 0 Å². The Hall–Kier alpha value is -0.350. The molecular formula is C9H14S. The average Bonchev–Trinajstić information content (AvgIpc) is 1.89. The first-order valence-electron chi connectivity index (χ1n) is 3.39. The Bertz CT molecular complexity index is 139. The molecule has 0 aromatic carbocycles. The van der Waals surface area contributed by atoms with E-state index in [9.17, 15) is 0 Å². The standard InChI is InChI=1S/C9H14S/c1-4-5-6-7-9(2)8-10-3/h1,7H,5-6,8H2,2-3H3/b9-7+. The van der Waals surface area contributed by atoms with E-state index < -0.39 is 0 Å². The highest BCUT2D eigenvalue weighted by Gasteiger charge is 1.85. The Labute approximate surface area is 68.1 Å². The van der Waals surface area contributed by atoms with Crippen LogP contribution in [0, 0.1) is 12.3 Å². The lowest BCUT2D eigenvalue weighted by Crippen LogP contribution is -1.79. The fourth-order valence-electron chi connectivity index (χ4n) is 0.688. The van der Waals surface area contributed by atoms with Gasteiger partial charge in [0.25, 0.3) is 0 Å². The zero-order valence-corrected chi connectivity index (χ0v) is 7.50. The second-order valence-corrected chi connectivity index (χ2v) is 3.09. The average molecular weight is 154 g/mol. The van der Waals surface area contributed by atoms with Gasteiger partial charge in [-0.05, 0) is 19.6 Å². The number of rotatable bonds is 4. The van der Waals surface area contributed by atoms with Crippen LogP contribution in [-0.4, -0.2) is 12.0 Å². The van der Waals surface area contributed by atoms with E-state index >= 15 is 0 Å². The van der Waals surface area contributed by atoms with Gasteiger partial charge in [0.1, 0.15) is 0 Å². The maximum absolute atomic E-state index is 5.10. The van der Waals surface area contributed by atoms with Gasteiger partial charge in [-0.2, -0.15) is 11.8 Å². The molecule has 0 aromatic heterocycles. The van der Waals surface area contributed by atoms with Crippen LogP contribution in [0.1, 0.15) is 19.8 Å². The third kappa shape index (κ3) is 5.78. The third-order valence-corrected chi connectivity index (χ3v) is 1.90. The van der Waals surface area contributed by atoms with Crippen LogP contribution in [0.15, 0.2) is 11.6 Å². The van der Waals surface area contributed by atoms with Crippen molar-refractivity contribution >= 4 is 11.8 Å². The van der Waals surface area contributed by atoms with Crippen molar-refractivity contribution in [3.63, 3.8) is 0 Å². The molecule has 0 spiro atoms. The highest BCUT2D eigenvalue weighted by Crippen LogP contribution is 2.04. The molecule has 0 aliphatic heterocycles. The van der Waals surface area contributed by atoms with Crippen LogP contribution in [0.5, 0.6) is 0 Å². The molecule has 0 N–H and O–H groups in total. The molecule has 0 aliphatic carbocycles. The molecule has 0 aliphatic rings.